The summed E-state index contributed by atoms with van der Waals surface area (Å²) in [4.78, 5) is 35.5. The number of anilines is 1. The summed E-state index contributed by atoms with van der Waals surface area (Å²) in [5.74, 6) is -0.867. The molecule has 1 N–H and O–H groups in total. The Balaban J connectivity index is 2.40. The van der Waals surface area contributed by atoms with Gasteiger partial charge in [-0.15, -0.1) is 4.91 Å². The van der Waals surface area contributed by atoms with E-state index in [9.17, 15) is 14.5 Å². The Bertz CT molecular complexity index is 457. The smallest absolute Gasteiger partial charge is 0.335 e. The van der Waals surface area contributed by atoms with Gasteiger partial charge in [0.2, 0.25) is 0 Å². The summed E-state index contributed by atoms with van der Waals surface area (Å²) in [6, 6.07) is 2.75. The molecule has 0 radical (unpaired) electrons. The van der Waals surface area contributed by atoms with Crippen LogP contribution < -0.4 is 10.1 Å². The molecule has 0 saturated heterocycles. The van der Waals surface area contributed by atoms with Gasteiger partial charge in [-0.3, -0.25) is 9.59 Å². The minimum Gasteiger partial charge on any atom is -0.480 e. The van der Waals surface area contributed by atoms with Crippen LogP contribution in [-0.2, 0) is 4.79 Å². The molecule has 2 heterocycles. The first kappa shape index (κ1) is 9.25. The molecule has 7 heteroatoms. The number of fused-ring (bicyclic) bond motifs is 1. The molecule has 0 unspecified atom stereocenters. The van der Waals surface area contributed by atoms with E-state index in [4.69, 9.17) is 4.74 Å². The number of amides is 2. The van der Waals surface area contributed by atoms with Gasteiger partial charge in [-0.1, -0.05) is 0 Å². The number of nitrogens with zero attached hydrogens (tertiary/aromatic N) is 2. The number of rotatable bonds is 1. The number of nitroso groups, excluding NO2 is 1. The molecule has 0 aromatic carbocycles. The van der Waals surface area contributed by atoms with Crippen molar-refractivity contribution in [1.29, 1.82) is 0 Å². The zero-order chi connectivity index (χ0) is 10.8. The molecule has 1 aliphatic rings. The summed E-state index contributed by atoms with van der Waals surface area (Å²) in [5.41, 5.74) is -0.130. The van der Waals surface area contributed by atoms with Crippen LogP contribution in [0, 0.1) is 4.91 Å². The standard InChI is InChI=1S/C8H5N3O4/c12-6-3-15-5-2-1-4(8(13)11-14)9-7(5)10-6/h1-2H,3H2,(H,9,10,12). The Kier molecular flexibility index (Phi) is 2.13. The molecule has 1 aliphatic heterocycles. The molecule has 2 amide bonds. The van der Waals surface area contributed by atoms with E-state index in [0.717, 1.165) is 0 Å². The van der Waals surface area contributed by atoms with Gasteiger partial charge in [-0.05, 0) is 12.1 Å². The minimum atomic E-state index is -0.988. The molecule has 15 heavy (non-hydrogen) atoms. The first-order valence-corrected chi connectivity index (χ1v) is 4.02. The second-order valence-corrected chi connectivity index (χ2v) is 2.78. The average Bonchev–Trinajstić information content (AvgIpc) is 2.27. The van der Waals surface area contributed by atoms with Gasteiger partial charge in [0.1, 0.15) is 5.69 Å². The summed E-state index contributed by atoms with van der Waals surface area (Å²) < 4.78 is 5.01. The number of carbonyl (C=O) groups excluding carboxylic acids is 2. The van der Waals surface area contributed by atoms with Crippen LogP contribution in [0.2, 0.25) is 0 Å². The second kappa shape index (κ2) is 3.45. The van der Waals surface area contributed by atoms with Crippen molar-refractivity contribution in [3.05, 3.63) is 22.7 Å². The molecule has 0 bridgehead atoms. The number of hydrogen-bond donors (Lipinski definition) is 1. The monoisotopic (exact) mass is 207 g/mol. The topological polar surface area (TPSA) is 97.7 Å². The van der Waals surface area contributed by atoms with E-state index in [1.807, 2.05) is 0 Å². The van der Waals surface area contributed by atoms with Gasteiger partial charge in [0, 0.05) is 5.18 Å². The third-order valence-corrected chi connectivity index (χ3v) is 1.78. The normalized spacial score (nSPS) is 13.5. The minimum absolute atomic E-state index is 0.0894. The van der Waals surface area contributed by atoms with E-state index in [0.29, 0.717) is 5.75 Å². The zero-order valence-electron chi connectivity index (χ0n) is 7.39. The van der Waals surface area contributed by atoms with Gasteiger partial charge in [0.15, 0.2) is 18.2 Å². The van der Waals surface area contributed by atoms with E-state index in [-0.39, 0.29) is 24.0 Å². The molecule has 76 valence electrons. The lowest BCUT2D eigenvalue weighted by molar-refractivity contribution is -0.118. The largest absolute Gasteiger partial charge is 0.480 e. The van der Waals surface area contributed by atoms with E-state index in [1.54, 1.807) is 0 Å². The van der Waals surface area contributed by atoms with E-state index >= 15 is 0 Å². The van der Waals surface area contributed by atoms with Gasteiger partial charge >= 0.3 is 5.91 Å². The molecule has 0 fully saturated rings. The maximum absolute atomic E-state index is 10.9. The Morgan fingerprint density at radius 2 is 2.33 bits per heavy atom. The Morgan fingerprint density at radius 3 is 3.07 bits per heavy atom. The number of carbonyl (C=O) groups is 2. The van der Waals surface area contributed by atoms with Crippen molar-refractivity contribution < 1.29 is 14.3 Å². The summed E-state index contributed by atoms with van der Waals surface area (Å²) in [6.45, 7) is -0.0894. The van der Waals surface area contributed by atoms with Gasteiger partial charge in [-0.25, -0.2) is 4.98 Å². The van der Waals surface area contributed by atoms with Crippen molar-refractivity contribution in [2.24, 2.45) is 5.18 Å². The van der Waals surface area contributed by atoms with Crippen LogP contribution in [0.3, 0.4) is 0 Å². The highest BCUT2D eigenvalue weighted by atomic mass is 16.5. The maximum atomic E-state index is 10.9. The summed E-state index contributed by atoms with van der Waals surface area (Å²) in [6.07, 6.45) is 0. The fraction of sp³-hybridized carbons (Fsp3) is 0.125. The summed E-state index contributed by atoms with van der Waals surface area (Å²) in [7, 11) is 0. The first-order chi connectivity index (χ1) is 7.20. The van der Waals surface area contributed by atoms with Crippen molar-refractivity contribution in [2.75, 3.05) is 11.9 Å². The van der Waals surface area contributed by atoms with Crippen molar-refractivity contribution in [3.8, 4) is 5.75 Å². The van der Waals surface area contributed by atoms with Crippen LogP contribution >= 0.6 is 0 Å². The van der Waals surface area contributed by atoms with Crippen molar-refractivity contribution in [2.45, 2.75) is 0 Å². The quantitative estimate of drug-likeness (QED) is 0.668. The van der Waals surface area contributed by atoms with E-state index < -0.39 is 5.91 Å². The Labute approximate surface area is 83.4 Å². The molecule has 1 aromatic rings. The van der Waals surface area contributed by atoms with E-state index in [1.165, 1.54) is 12.1 Å². The molecule has 0 atom stereocenters. The molecule has 2 rings (SSSR count). The van der Waals surface area contributed by atoms with Crippen LogP contribution in [0.4, 0.5) is 5.82 Å². The van der Waals surface area contributed by atoms with Crippen LogP contribution in [0.15, 0.2) is 17.3 Å². The van der Waals surface area contributed by atoms with Crippen molar-refractivity contribution in [1.82, 2.24) is 4.98 Å². The SMILES string of the molecule is O=NC(=O)c1ccc2c(n1)NC(=O)CO2. The summed E-state index contributed by atoms with van der Waals surface area (Å²) >= 11 is 0. The van der Waals surface area contributed by atoms with Gasteiger partial charge in [0.25, 0.3) is 5.91 Å². The zero-order valence-corrected chi connectivity index (χ0v) is 7.39. The average molecular weight is 207 g/mol. The van der Waals surface area contributed by atoms with E-state index in [2.05, 4.69) is 15.5 Å². The Morgan fingerprint density at radius 1 is 1.53 bits per heavy atom. The van der Waals surface area contributed by atoms with Crippen LogP contribution in [0.5, 0.6) is 5.75 Å². The van der Waals surface area contributed by atoms with Crippen molar-refractivity contribution in [3.63, 3.8) is 0 Å². The molecule has 1 aromatic heterocycles. The van der Waals surface area contributed by atoms with Crippen LogP contribution in [0.25, 0.3) is 0 Å². The number of pyridine rings is 1. The third-order valence-electron chi connectivity index (χ3n) is 1.78. The molecular formula is C8H5N3O4. The molecule has 0 saturated carbocycles. The Hall–Kier alpha value is -2.31. The highest BCUT2D eigenvalue weighted by Gasteiger charge is 2.19. The number of ether oxygens (including phenoxy) is 1. The van der Waals surface area contributed by atoms with Crippen LogP contribution in [0.1, 0.15) is 10.5 Å². The molecule has 7 nitrogen and oxygen atoms in total. The highest BCUT2D eigenvalue weighted by Crippen LogP contribution is 2.25. The molecule has 0 spiro atoms. The van der Waals surface area contributed by atoms with Crippen LogP contribution in [-0.4, -0.2) is 23.4 Å². The number of aromatic nitrogens is 1. The molecular weight excluding hydrogens is 202 g/mol. The lowest BCUT2D eigenvalue weighted by Crippen LogP contribution is -2.26. The van der Waals surface area contributed by atoms with Gasteiger partial charge in [-0.2, -0.15) is 0 Å². The van der Waals surface area contributed by atoms with Crippen molar-refractivity contribution >= 4 is 17.6 Å². The highest BCUT2D eigenvalue weighted by molar-refractivity contribution is 5.97. The second-order valence-electron chi connectivity index (χ2n) is 2.78. The fourth-order valence-electron chi connectivity index (χ4n) is 1.13. The lowest BCUT2D eigenvalue weighted by Gasteiger charge is -2.16. The maximum Gasteiger partial charge on any atom is 0.335 e. The summed E-state index contributed by atoms with van der Waals surface area (Å²) in [5, 5.41) is 4.63. The fourth-order valence-corrected chi connectivity index (χ4v) is 1.13. The number of nitrogens with one attached hydrogen (secondary N) is 1. The van der Waals surface area contributed by atoms with Gasteiger partial charge in [0.05, 0.1) is 0 Å². The predicted octanol–water partition coefficient (Wildman–Crippen LogP) is 0.319. The third kappa shape index (κ3) is 1.66. The molecule has 0 aliphatic carbocycles. The number of hydrogen-bond acceptors (Lipinski definition) is 5. The predicted molar refractivity (Wildman–Crippen MR) is 48.5 cm³/mol. The van der Waals surface area contributed by atoms with Gasteiger partial charge < -0.3 is 10.1 Å². The lowest BCUT2D eigenvalue weighted by atomic mass is 10.3. The first-order valence-electron chi connectivity index (χ1n) is 4.02.